The third kappa shape index (κ3) is 8.55. The number of Topliss-reactive ketones (excluding diaryl/α,β-unsaturated/α-hetero) is 1. The maximum Gasteiger partial charge on any atom is 0.220 e. The predicted octanol–water partition coefficient (Wildman–Crippen LogP) is 3.64. The van der Waals surface area contributed by atoms with Crippen molar-refractivity contribution < 1.29 is 24.5 Å². The molecule has 0 spiro atoms. The second-order valence-corrected chi connectivity index (χ2v) is 9.56. The Bertz CT molecular complexity index is 705. The van der Waals surface area contributed by atoms with Gasteiger partial charge in [-0.2, -0.15) is 0 Å². The summed E-state index contributed by atoms with van der Waals surface area (Å²) in [5.41, 5.74) is 0. The molecule has 0 saturated heterocycles. The van der Waals surface area contributed by atoms with Crippen LogP contribution in [0.4, 0.5) is 0 Å². The van der Waals surface area contributed by atoms with Crippen molar-refractivity contribution >= 4 is 11.7 Å². The van der Waals surface area contributed by atoms with Gasteiger partial charge >= 0.3 is 0 Å². The molecule has 6 nitrogen and oxygen atoms in total. The number of carbonyl (C=O) groups is 2. The summed E-state index contributed by atoms with van der Waals surface area (Å²) in [5, 5.41) is 23.6. The van der Waals surface area contributed by atoms with Crippen molar-refractivity contribution in [2.24, 2.45) is 17.8 Å². The molecule has 2 saturated carbocycles. The number of aliphatic hydroxyl groups is 2. The van der Waals surface area contributed by atoms with Crippen LogP contribution in [-0.4, -0.2) is 47.3 Å². The standard InChI is InChI=1S/C26H39NO5/c28-20(18-32-21-8-4-3-5-9-21)14-15-23-22(24(29)16-25(23)30)10-6-1-2-7-11-26(31)27-17-19-12-13-19/h3-5,8-9,19-20,22-24,28-29H,1-2,6-7,10-18H2,(H,27,31). The molecular weight excluding hydrogens is 406 g/mol. The van der Waals surface area contributed by atoms with Gasteiger partial charge in [0.15, 0.2) is 0 Å². The maximum absolute atomic E-state index is 12.4. The highest BCUT2D eigenvalue weighted by Crippen LogP contribution is 2.36. The molecule has 0 radical (unpaired) electrons. The molecule has 6 heteroatoms. The van der Waals surface area contributed by atoms with Gasteiger partial charge in [0.05, 0.1) is 12.2 Å². The Morgan fingerprint density at radius 2 is 1.84 bits per heavy atom. The number of hydrogen-bond donors (Lipinski definition) is 3. The van der Waals surface area contributed by atoms with E-state index in [0.29, 0.717) is 25.2 Å². The monoisotopic (exact) mass is 445 g/mol. The quantitative estimate of drug-likeness (QED) is 0.358. The van der Waals surface area contributed by atoms with E-state index in [2.05, 4.69) is 5.32 Å². The lowest BCUT2D eigenvalue weighted by Crippen LogP contribution is -2.25. The summed E-state index contributed by atoms with van der Waals surface area (Å²) in [6.07, 6.45) is 7.84. The first-order valence-corrected chi connectivity index (χ1v) is 12.4. The molecule has 178 valence electrons. The first-order chi connectivity index (χ1) is 15.5. The number of ketones is 1. The molecule has 2 aliphatic rings. The summed E-state index contributed by atoms with van der Waals surface area (Å²) >= 11 is 0. The molecule has 1 aromatic carbocycles. The normalized spacial score (nSPS) is 23.8. The van der Waals surface area contributed by atoms with E-state index in [1.165, 1.54) is 12.8 Å². The van der Waals surface area contributed by atoms with Crippen LogP contribution >= 0.6 is 0 Å². The minimum Gasteiger partial charge on any atom is -0.491 e. The smallest absolute Gasteiger partial charge is 0.220 e. The Labute approximate surface area is 191 Å². The molecule has 0 bridgehead atoms. The average Bonchev–Trinajstić information content (AvgIpc) is 3.58. The van der Waals surface area contributed by atoms with Gasteiger partial charge in [-0.05, 0) is 62.5 Å². The summed E-state index contributed by atoms with van der Waals surface area (Å²) in [6.45, 7) is 1.03. The van der Waals surface area contributed by atoms with Gasteiger partial charge in [-0.1, -0.05) is 37.5 Å². The average molecular weight is 446 g/mol. The molecule has 2 aliphatic carbocycles. The summed E-state index contributed by atoms with van der Waals surface area (Å²) in [5.74, 6) is 1.51. The summed E-state index contributed by atoms with van der Waals surface area (Å²) < 4.78 is 5.59. The lowest BCUT2D eigenvalue weighted by atomic mass is 9.85. The van der Waals surface area contributed by atoms with Crippen LogP contribution in [0.2, 0.25) is 0 Å². The van der Waals surface area contributed by atoms with Gasteiger partial charge in [0.1, 0.15) is 18.1 Å². The van der Waals surface area contributed by atoms with Gasteiger partial charge < -0.3 is 20.3 Å². The molecular formula is C26H39NO5. The van der Waals surface area contributed by atoms with Crippen molar-refractivity contribution in [3.05, 3.63) is 30.3 Å². The van der Waals surface area contributed by atoms with Crippen LogP contribution in [0.3, 0.4) is 0 Å². The maximum atomic E-state index is 12.4. The lowest BCUT2D eigenvalue weighted by Gasteiger charge is -2.22. The third-order valence-corrected chi connectivity index (χ3v) is 6.81. The Hall–Kier alpha value is -1.92. The summed E-state index contributed by atoms with van der Waals surface area (Å²) in [7, 11) is 0. The fourth-order valence-electron chi connectivity index (χ4n) is 4.64. The minimum absolute atomic E-state index is 0.0217. The van der Waals surface area contributed by atoms with Crippen LogP contribution in [-0.2, 0) is 9.59 Å². The molecule has 4 unspecified atom stereocenters. The molecule has 1 aromatic rings. The fraction of sp³-hybridized carbons (Fsp3) is 0.692. The Morgan fingerprint density at radius 1 is 1.09 bits per heavy atom. The van der Waals surface area contributed by atoms with E-state index in [4.69, 9.17) is 4.74 Å². The zero-order valence-electron chi connectivity index (χ0n) is 19.1. The van der Waals surface area contributed by atoms with Crippen molar-refractivity contribution in [2.45, 2.75) is 82.8 Å². The first kappa shape index (κ1) is 24.7. The molecule has 2 fully saturated rings. The van der Waals surface area contributed by atoms with Crippen LogP contribution in [0.15, 0.2) is 30.3 Å². The zero-order chi connectivity index (χ0) is 22.8. The number of amides is 1. The van der Waals surface area contributed by atoms with Gasteiger partial charge in [-0.15, -0.1) is 0 Å². The second-order valence-electron chi connectivity index (χ2n) is 9.56. The predicted molar refractivity (Wildman–Crippen MR) is 123 cm³/mol. The zero-order valence-corrected chi connectivity index (χ0v) is 19.1. The second kappa shape index (κ2) is 12.9. The van der Waals surface area contributed by atoms with Gasteiger partial charge in [0, 0.05) is 25.3 Å². The number of aliphatic hydroxyl groups excluding tert-OH is 2. The largest absolute Gasteiger partial charge is 0.491 e. The summed E-state index contributed by atoms with van der Waals surface area (Å²) in [4.78, 5) is 24.2. The number of unbranched alkanes of at least 4 members (excludes halogenated alkanes) is 3. The Balaban J connectivity index is 1.29. The van der Waals surface area contributed by atoms with Gasteiger partial charge in [0.25, 0.3) is 0 Å². The number of nitrogens with one attached hydrogen (secondary N) is 1. The third-order valence-electron chi connectivity index (χ3n) is 6.81. The molecule has 1 amide bonds. The van der Waals surface area contributed by atoms with Crippen molar-refractivity contribution in [3.8, 4) is 5.75 Å². The number of benzene rings is 1. The molecule has 0 heterocycles. The number of ether oxygens (including phenoxy) is 1. The van der Waals surface area contributed by atoms with E-state index >= 15 is 0 Å². The molecule has 3 rings (SSSR count). The van der Waals surface area contributed by atoms with Crippen molar-refractivity contribution in [1.29, 1.82) is 0 Å². The van der Waals surface area contributed by atoms with Crippen LogP contribution in [0.1, 0.15) is 70.6 Å². The van der Waals surface area contributed by atoms with Gasteiger partial charge in [-0.25, -0.2) is 0 Å². The number of hydrogen-bond acceptors (Lipinski definition) is 5. The van der Waals surface area contributed by atoms with Crippen LogP contribution in [0.5, 0.6) is 5.75 Å². The van der Waals surface area contributed by atoms with E-state index in [0.717, 1.165) is 44.4 Å². The highest BCUT2D eigenvalue weighted by molar-refractivity contribution is 5.84. The minimum atomic E-state index is -0.632. The van der Waals surface area contributed by atoms with E-state index in [1.807, 2.05) is 30.3 Å². The number of para-hydroxylation sites is 1. The van der Waals surface area contributed by atoms with Gasteiger partial charge in [0.2, 0.25) is 5.91 Å². The van der Waals surface area contributed by atoms with E-state index < -0.39 is 12.2 Å². The van der Waals surface area contributed by atoms with Crippen LogP contribution in [0, 0.1) is 17.8 Å². The summed E-state index contributed by atoms with van der Waals surface area (Å²) in [6, 6.07) is 9.37. The molecule has 4 atom stereocenters. The van der Waals surface area contributed by atoms with E-state index in [1.54, 1.807) is 0 Å². The van der Waals surface area contributed by atoms with Crippen LogP contribution < -0.4 is 10.1 Å². The molecule has 0 aromatic heterocycles. The first-order valence-electron chi connectivity index (χ1n) is 12.4. The SMILES string of the molecule is O=C(CCCCCCC1C(O)CC(=O)C1CCC(O)COc1ccccc1)NCC1CC1. The van der Waals surface area contributed by atoms with E-state index in [-0.39, 0.29) is 36.6 Å². The number of rotatable bonds is 15. The van der Waals surface area contributed by atoms with Crippen molar-refractivity contribution in [2.75, 3.05) is 13.2 Å². The number of carbonyl (C=O) groups excluding carboxylic acids is 2. The Kier molecular flexibility index (Phi) is 10.0. The highest BCUT2D eigenvalue weighted by atomic mass is 16.5. The topological polar surface area (TPSA) is 95.9 Å². The fourth-order valence-corrected chi connectivity index (χ4v) is 4.64. The molecule has 3 N–H and O–H groups in total. The van der Waals surface area contributed by atoms with Crippen LogP contribution in [0.25, 0.3) is 0 Å². The Morgan fingerprint density at radius 3 is 2.59 bits per heavy atom. The highest BCUT2D eigenvalue weighted by Gasteiger charge is 2.40. The van der Waals surface area contributed by atoms with Crippen molar-refractivity contribution in [3.63, 3.8) is 0 Å². The van der Waals surface area contributed by atoms with Gasteiger partial charge in [-0.3, -0.25) is 9.59 Å². The molecule has 0 aliphatic heterocycles. The molecule has 32 heavy (non-hydrogen) atoms. The lowest BCUT2D eigenvalue weighted by molar-refractivity contribution is -0.122. The van der Waals surface area contributed by atoms with Crippen molar-refractivity contribution in [1.82, 2.24) is 5.32 Å². The van der Waals surface area contributed by atoms with E-state index in [9.17, 15) is 19.8 Å².